The number of imidazole rings is 2. The van der Waals surface area contributed by atoms with E-state index in [2.05, 4.69) is 41.6 Å². The first-order valence-corrected chi connectivity index (χ1v) is 10.7. The lowest BCUT2D eigenvalue weighted by atomic mass is 9.96. The van der Waals surface area contributed by atoms with E-state index in [0.29, 0.717) is 18.3 Å². The van der Waals surface area contributed by atoms with Gasteiger partial charge in [-0.1, -0.05) is 18.2 Å². The molecule has 0 N–H and O–H groups in total. The fourth-order valence-corrected chi connectivity index (χ4v) is 4.68. The summed E-state index contributed by atoms with van der Waals surface area (Å²) in [6.07, 6.45) is 5.81. The Morgan fingerprint density at radius 1 is 1.13 bits per heavy atom. The highest BCUT2D eigenvalue weighted by molar-refractivity contribution is 5.93. The molecule has 1 saturated heterocycles. The van der Waals surface area contributed by atoms with E-state index in [1.165, 1.54) is 5.52 Å². The van der Waals surface area contributed by atoms with Gasteiger partial charge < -0.3 is 13.9 Å². The van der Waals surface area contributed by atoms with Crippen molar-refractivity contribution in [3.05, 3.63) is 65.9 Å². The van der Waals surface area contributed by atoms with Gasteiger partial charge in [-0.25, -0.2) is 9.97 Å². The van der Waals surface area contributed by atoms with Crippen LogP contribution in [0, 0.1) is 6.92 Å². The van der Waals surface area contributed by atoms with Crippen LogP contribution in [0.2, 0.25) is 0 Å². The number of benzene rings is 1. The number of carbonyl (C=O) groups excluding carboxylic acids is 1. The molecule has 1 aliphatic rings. The standard InChI is InChI=1S/C24H27N5O/c1-16(2)29-21-11-5-4-10-19(21)25-23(29)18-9-7-13-28(14-18)24(30)20-15-27-12-6-8-17(3)22(27)26-20/h4-6,8,10-12,15-16,18H,7,9,13-14H2,1-3H3/t18-/m0/s1. The molecule has 0 spiro atoms. The zero-order chi connectivity index (χ0) is 20.8. The summed E-state index contributed by atoms with van der Waals surface area (Å²) in [5.74, 6) is 1.33. The number of hydrogen-bond acceptors (Lipinski definition) is 3. The van der Waals surface area contributed by atoms with Crippen molar-refractivity contribution in [3.8, 4) is 0 Å². The van der Waals surface area contributed by atoms with Gasteiger partial charge in [0.2, 0.25) is 0 Å². The predicted molar refractivity (Wildman–Crippen MR) is 118 cm³/mol. The second-order valence-corrected chi connectivity index (χ2v) is 8.56. The number of hydrogen-bond donors (Lipinski definition) is 0. The van der Waals surface area contributed by atoms with Gasteiger partial charge in [-0.3, -0.25) is 4.79 Å². The molecule has 0 saturated carbocycles. The number of para-hydroxylation sites is 2. The summed E-state index contributed by atoms with van der Waals surface area (Å²) in [5.41, 5.74) is 4.62. The Morgan fingerprint density at radius 2 is 1.97 bits per heavy atom. The molecular formula is C24H27N5O. The third-order valence-electron chi connectivity index (χ3n) is 6.11. The highest BCUT2D eigenvalue weighted by Crippen LogP contribution is 2.32. The van der Waals surface area contributed by atoms with Crippen molar-refractivity contribution in [3.63, 3.8) is 0 Å². The lowest BCUT2D eigenvalue weighted by Gasteiger charge is -2.32. The van der Waals surface area contributed by atoms with Crippen molar-refractivity contribution in [1.82, 2.24) is 23.8 Å². The summed E-state index contributed by atoms with van der Waals surface area (Å²) in [6.45, 7) is 7.86. The Labute approximate surface area is 176 Å². The zero-order valence-corrected chi connectivity index (χ0v) is 17.7. The molecule has 3 aromatic heterocycles. The largest absolute Gasteiger partial charge is 0.337 e. The number of aromatic nitrogens is 4. The summed E-state index contributed by atoms with van der Waals surface area (Å²) < 4.78 is 4.27. The molecule has 154 valence electrons. The quantitative estimate of drug-likeness (QED) is 0.504. The lowest BCUT2D eigenvalue weighted by molar-refractivity contribution is 0.0698. The number of pyridine rings is 1. The number of likely N-dealkylation sites (tertiary alicyclic amines) is 1. The number of fused-ring (bicyclic) bond motifs is 2. The second-order valence-electron chi connectivity index (χ2n) is 8.56. The first-order valence-electron chi connectivity index (χ1n) is 10.7. The minimum atomic E-state index is 0.00927. The molecular weight excluding hydrogens is 374 g/mol. The van der Waals surface area contributed by atoms with Crippen LogP contribution in [0.25, 0.3) is 16.7 Å². The molecule has 5 rings (SSSR count). The van der Waals surface area contributed by atoms with Crippen LogP contribution in [-0.4, -0.2) is 42.8 Å². The molecule has 1 aliphatic heterocycles. The second kappa shape index (κ2) is 7.27. The van der Waals surface area contributed by atoms with E-state index >= 15 is 0 Å². The minimum absolute atomic E-state index is 0.00927. The van der Waals surface area contributed by atoms with Crippen molar-refractivity contribution in [2.75, 3.05) is 13.1 Å². The van der Waals surface area contributed by atoms with Gasteiger partial charge in [0.25, 0.3) is 5.91 Å². The number of piperidine rings is 1. The SMILES string of the molecule is Cc1cccn2cc(C(=O)N3CCC[C@H](c4nc5ccccc5n4C(C)C)C3)nc12. The number of aryl methyl sites for hydroxylation is 1. The van der Waals surface area contributed by atoms with Crippen molar-refractivity contribution in [2.45, 2.75) is 45.6 Å². The van der Waals surface area contributed by atoms with Gasteiger partial charge in [0.05, 0.1) is 11.0 Å². The molecule has 4 heterocycles. The maximum atomic E-state index is 13.3. The third kappa shape index (κ3) is 3.07. The van der Waals surface area contributed by atoms with Gasteiger partial charge in [0.15, 0.2) is 0 Å². The average molecular weight is 402 g/mol. The van der Waals surface area contributed by atoms with Gasteiger partial charge in [0, 0.05) is 37.4 Å². The van der Waals surface area contributed by atoms with Crippen LogP contribution in [0.3, 0.4) is 0 Å². The van der Waals surface area contributed by atoms with Crippen LogP contribution in [0.5, 0.6) is 0 Å². The monoisotopic (exact) mass is 401 g/mol. The highest BCUT2D eigenvalue weighted by Gasteiger charge is 2.30. The predicted octanol–water partition coefficient (Wildman–Crippen LogP) is 4.59. The smallest absolute Gasteiger partial charge is 0.274 e. The highest BCUT2D eigenvalue weighted by atomic mass is 16.2. The Balaban J connectivity index is 1.46. The van der Waals surface area contributed by atoms with Crippen LogP contribution in [0.15, 0.2) is 48.8 Å². The first kappa shape index (κ1) is 18.9. The normalized spacial score (nSPS) is 17.3. The molecule has 0 unspecified atom stereocenters. The van der Waals surface area contributed by atoms with Gasteiger partial charge in [-0.2, -0.15) is 0 Å². The average Bonchev–Trinajstić information content (AvgIpc) is 3.36. The summed E-state index contributed by atoms with van der Waals surface area (Å²) in [7, 11) is 0. The van der Waals surface area contributed by atoms with Crippen molar-refractivity contribution in [2.24, 2.45) is 0 Å². The molecule has 6 nitrogen and oxygen atoms in total. The Morgan fingerprint density at radius 3 is 2.77 bits per heavy atom. The van der Waals surface area contributed by atoms with E-state index in [0.717, 1.165) is 41.9 Å². The molecule has 1 aromatic carbocycles. The fraction of sp³-hybridized carbons (Fsp3) is 0.375. The molecule has 6 heteroatoms. The van der Waals surface area contributed by atoms with E-state index in [4.69, 9.17) is 4.98 Å². The van der Waals surface area contributed by atoms with Gasteiger partial charge in [-0.15, -0.1) is 0 Å². The van der Waals surface area contributed by atoms with Crippen molar-refractivity contribution < 1.29 is 4.79 Å². The number of carbonyl (C=O) groups is 1. The summed E-state index contributed by atoms with van der Waals surface area (Å²) in [6, 6.07) is 12.6. The summed E-state index contributed by atoms with van der Waals surface area (Å²) in [4.78, 5) is 24.8. The van der Waals surface area contributed by atoms with Crippen LogP contribution in [0.1, 0.15) is 60.5 Å². The maximum absolute atomic E-state index is 13.3. The number of amides is 1. The molecule has 1 fully saturated rings. The molecule has 0 aliphatic carbocycles. The van der Waals surface area contributed by atoms with Crippen LogP contribution >= 0.6 is 0 Å². The molecule has 1 amide bonds. The Hall–Kier alpha value is -3.15. The molecule has 1 atom stereocenters. The third-order valence-corrected chi connectivity index (χ3v) is 6.11. The van der Waals surface area contributed by atoms with E-state index < -0.39 is 0 Å². The van der Waals surface area contributed by atoms with Crippen molar-refractivity contribution in [1.29, 1.82) is 0 Å². The van der Waals surface area contributed by atoms with E-state index in [1.807, 2.05) is 46.8 Å². The van der Waals surface area contributed by atoms with Gasteiger partial charge >= 0.3 is 0 Å². The molecule has 4 aromatic rings. The topological polar surface area (TPSA) is 55.4 Å². The number of rotatable bonds is 3. The van der Waals surface area contributed by atoms with Crippen molar-refractivity contribution >= 4 is 22.6 Å². The molecule has 30 heavy (non-hydrogen) atoms. The first-order chi connectivity index (χ1) is 14.5. The summed E-state index contributed by atoms with van der Waals surface area (Å²) in [5, 5.41) is 0. The fourth-order valence-electron chi connectivity index (χ4n) is 4.68. The lowest BCUT2D eigenvalue weighted by Crippen LogP contribution is -2.40. The molecule has 0 radical (unpaired) electrons. The van der Waals surface area contributed by atoms with Crippen LogP contribution in [0.4, 0.5) is 0 Å². The number of nitrogens with zero attached hydrogens (tertiary/aromatic N) is 5. The van der Waals surface area contributed by atoms with E-state index in [9.17, 15) is 4.79 Å². The van der Waals surface area contributed by atoms with E-state index in [1.54, 1.807) is 0 Å². The van der Waals surface area contributed by atoms with Crippen LogP contribution in [-0.2, 0) is 0 Å². The van der Waals surface area contributed by atoms with Crippen LogP contribution < -0.4 is 0 Å². The van der Waals surface area contributed by atoms with Gasteiger partial charge in [0.1, 0.15) is 17.2 Å². The Kier molecular flexibility index (Phi) is 4.57. The minimum Gasteiger partial charge on any atom is -0.337 e. The Bertz CT molecular complexity index is 1240. The zero-order valence-electron chi connectivity index (χ0n) is 17.7. The molecule has 0 bridgehead atoms. The van der Waals surface area contributed by atoms with E-state index in [-0.39, 0.29) is 11.8 Å². The summed E-state index contributed by atoms with van der Waals surface area (Å²) >= 11 is 0. The van der Waals surface area contributed by atoms with Gasteiger partial charge in [-0.05, 0) is 57.4 Å². The maximum Gasteiger partial charge on any atom is 0.274 e.